The van der Waals surface area contributed by atoms with Crippen LogP contribution in [0, 0.1) is 0 Å². The van der Waals surface area contributed by atoms with Crippen molar-refractivity contribution in [3.05, 3.63) is 64.1 Å². The van der Waals surface area contributed by atoms with E-state index in [1.807, 2.05) is 0 Å². The first-order valence-electron chi connectivity index (χ1n) is 8.43. The molecule has 2 N–H and O–H groups in total. The second-order valence-electron chi connectivity index (χ2n) is 5.83. The van der Waals surface area contributed by atoms with E-state index in [1.54, 1.807) is 43.5 Å². The largest absolute Gasteiger partial charge is 0.503 e. The van der Waals surface area contributed by atoms with Crippen LogP contribution in [0.4, 0.5) is 4.79 Å². The van der Waals surface area contributed by atoms with Crippen LogP contribution in [0.5, 0.6) is 5.75 Å². The number of ether oxygens (including phenoxy) is 2. The lowest BCUT2D eigenvalue weighted by atomic mass is 10.1. The number of pyridine rings is 1. The zero-order valence-corrected chi connectivity index (χ0v) is 15.2. The highest BCUT2D eigenvalue weighted by Crippen LogP contribution is 2.17. The summed E-state index contributed by atoms with van der Waals surface area (Å²) in [5.41, 5.74) is 0.688. The van der Waals surface area contributed by atoms with Gasteiger partial charge >= 0.3 is 12.1 Å². The average Bonchev–Trinajstić information content (AvgIpc) is 2.67. The van der Waals surface area contributed by atoms with Gasteiger partial charge in [0.1, 0.15) is 6.10 Å². The second kappa shape index (κ2) is 9.42. The number of rotatable bonds is 7. The molecule has 1 atom stereocenters. The van der Waals surface area contributed by atoms with Gasteiger partial charge in [-0.1, -0.05) is 12.1 Å². The van der Waals surface area contributed by atoms with Crippen LogP contribution in [0.1, 0.15) is 35.4 Å². The molecule has 0 spiro atoms. The summed E-state index contributed by atoms with van der Waals surface area (Å²) in [7, 11) is 1.31. The van der Waals surface area contributed by atoms with E-state index in [1.165, 1.54) is 17.7 Å². The molecule has 0 bridgehead atoms. The fraction of sp³-hybridized carbons (Fsp3) is 0.316. The normalized spacial score (nSPS) is 11.5. The Morgan fingerprint density at radius 1 is 1.22 bits per heavy atom. The van der Waals surface area contributed by atoms with E-state index in [0.717, 1.165) is 5.56 Å². The molecule has 8 nitrogen and oxygen atoms in total. The smallest absolute Gasteiger partial charge is 0.407 e. The topological polar surface area (TPSA) is 107 Å². The molecule has 2 aromatic rings. The van der Waals surface area contributed by atoms with Gasteiger partial charge in [0.15, 0.2) is 5.75 Å². The minimum atomic E-state index is -0.581. The number of alkyl carbamates (subject to hydrolysis) is 1. The van der Waals surface area contributed by atoms with Crippen molar-refractivity contribution in [3.63, 3.8) is 0 Å². The molecule has 1 aromatic carbocycles. The SMILES string of the molecule is COC(=O)c1ccc([C@H](C)OC(=O)NCCCn2cccc(O)c2=O)cc1. The van der Waals surface area contributed by atoms with Gasteiger partial charge in [0, 0.05) is 19.3 Å². The number of benzene rings is 1. The molecule has 27 heavy (non-hydrogen) atoms. The van der Waals surface area contributed by atoms with Gasteiger partial charge in [-0.2, -0.15) is 0 Å². The van der Waals surface area contributed by atoms with Gasteiger partial charge in [-0.25, -0.2) is 9.59 Å². The van der Waals surface area contributed by atoms with E-state index < -0.39 is 23.7 Å². The van der Waals surface area contributed by atoms with Crippen molar-refractivity contribution in [2.75, 3.05) is 13.7 Å². The molecule has 0 unspecified atom stereocenters. The molecule has 0 saturated heterocycles. The molecule has 1 aromatic heterocycles. The molecule has 0 saturated carbocycles. The molecule has 8 heteroatoms. The monoisotopic (exact) mass is 374 g/mol. The van der Waals surface area contributed by atoms with Crippen LogP contribution in [0.3, 0.4) is 0 Å². The highest BCUT2D eigenvalue weighted by atomic mass is 16.6. The number of hydrogen-bond acceptors (Lipinski definition) is 6. The summed E-state index contributed by atoms with van der Waals surface area (Å²) in [6.45, 7) is 2.39. The maximum atomic E-state index is 11.9. The number of nitrogens with one attached hydrogen (secondary N) is 1. The Bertz CT molecular complexity index is 844. The molecule has 1 amide bonds. The van der Waals surface area contributed by atoms with E-state index in [0.29, 0.717) is 25.1 Å². The third-order valence-corrected chi connectivity index (χ3v) is 3.93. The van der Waals surface area contributed by atoms with Crippen molar-refractivity contribution >= 4 is 12.1 Å². The number of amides is 1. The standard InChI is InChI=1S/C19H22N2O6/c1-13(14-6-8-15(9-7-14)18(24)26-2)27-19(25)20-10-4-12-21-11-3-5-16(22)17(21)23/h3,5-9,11,13,22H,4,10,12H2,1-2H3,(H,20,25)/t13-/m0/s1. The quantitative estimate of drug-likeness (QED) is 0.568. The van der Waals surface area contributed by atoms with Crippen LogP contribution < -0.4 is 10.9 Å². The van der Waals surface area contributed by atoms with Gasteiger partial charge in [0.25, 0.3) is 5.56 Å². The molecule has 0 aliphatic carbocycles. The fourth-order valence-corrected chi connectivity index (χ4v) is 2.42. The third-order valence-electron chi connectivity index (χ3n) is 3.93. The molecule has 0 fully saturated rings. The fourth-order valence-electron chi connectivity index (χ4n) is 2.42. The molecular formula is C19H22N2O6. The van der Waals surface area contributed by atoms with Crippen LogP contribution in [0.15, 0.2) is 47.4 Å². The Hall–Kier alpha value is -3.29. The summed E-state index contributed by atoms with van der Waals surface area (Å²) in [5.74, 6) is -0.740. The van der Waals surface area contributed by atoms with Gasteiger partial charge < -0.3 is 24.5 Å². The Labute approximate surface area is 156 Å². The van der Waals surface area contributed by atoms with Crippen LogP contribution in [0.25, 0.3) is 0 Å². The molecule has 2 rings (SSSR count). The van der Waals surface area contributed by atoms with Crippen LogP contribution >= 0.6 is 0 Å². The Kier molecular flexibility index (Phi) is 6.99. The van der Waals surface area contributed by atoms with Crippen molar-refractivity contribution in [1.82, 2.24) is 9.88 Å². The van der Waals surface area contributed by atoms with Crippen LogP contribution in [0.2, 0.25) is 0 Å². The lowest BCUT2D eigenvalue weighted by Crippen LogP contribution is -2.28. The van der Waals surface area contributed by atoms with Crippen molar-refractivity contribution in [3.8, 4) is 5.75 Å². The predicted molar refractivity (Wildman–Crippen MR) is 97.7 cm³/mol. The van der Waals surface area contributed by atoms with Crippen molar-refractivity contribution < 1.29 is 24.2 Å². The van der Waals surface area contributed by atoms with Crippen molar-refractivity contribution in [1.29, 1.82) is 0 Å². The highest BCUT2D eigenvalue weighted by molar-refractivity contribution is 5.89. The van der Waals surface area contributed by atoms with E-state index in [-0.39, 0.29) is 5.75 Å². The summed E-state index contributed by atoms with van der Waals surface area (Å²) >= 11 is 0. The number of esters is 1. The molecule has 1 heterocycles. The molecule has 0 aliphatic heterocycles. The van der Waals surface area contributed by atoms with Crippen molar-refractivity contribution in [2.24, 2.45) is 0 Å². The minimum Gasteiger partial charge on any atom is -0.503 e. The van der Waals surface area contributed by atoms with Gasteiger partial charge in [-0.15, -0.1) is 0 Å². The molecular weight excluding hydrogens is 352 g/mol. The number of hydrogen-bond donors (Lipinski definition) is 2. The maximum absolute atomic E-state index is 11.9. The van der Waals surface area contributed by atoms with Crippen LogP contribution in [-0.4, -0.2) is 35.4 Å². The van der Waals surface area contributed by atoms with Gasteiger partial charge in [-0.05, 0) is 43.2 Å². The highest BCUT2D eigenvalue weighted by Gasteiger charge is 2.12. The molecule has 0 aliphatic rings. The van der Waals surface area contributed by atoms with E-state index in [9.17, 15) is 19.5 Å². The van der Waals surface area contributed by atoms with E-state index in [2.05, 4.69) is 10.1 Å². The average molecular weight is 374 g/mol. The second-order valence-corrected chi connectivity index (χ2v) is 5.83. The first-order chi connectivity index (χ1) is 12.9. The molecule has 144 valence electrons. The van der Waals surface area contributed by atoms with Crippen LogP contribution in [-0.2, 0) is 16.0 Å². The number of aromatic nitrogens is 1. The first kappa shape index (κ1) is 20.0. The number of carbonyl (C=O) groups excluding carboxylic acids is 2. The number of carbonyl (C=O) groups is 2. The van der Waals surface area contributed by atoms with Gasteiger partial charge in [0.2, 0.25) is 0 Å². The number of nitrogens with zero attached hydrogens (tertiary/aromatic N) is 1. The summed E-state index contributed by atoms with van der Waals surface area (Å²) in [4.78, 5) is 34.9. The summed E-state index contributed by atoms with van der Waals surface area (Å²) in [5, 5.41) is 12.0. The van der Waals surface area contributed by atoms with Gasteiger partial charge in [0.05, 0.1) is 12.7 Å². The Morgan fingerprint density at radius 2 is 1.93 bits per heavy atom. The Morgan fingerprint density at radius 3 is 2.59 bits per heavy atom. The predicted octanol–water partition coefficient (Wildman–Crippen LogP) is 2.22. The number of aromatic hydroxyl groups is 1. The van der Waals surface area contributed by atoms with E-state index in [4.69, 9.17) is 4.74 Å². The minimum absolute atomic E-state index is 0.308. The summed E-state index contributed by atoms with van der Waals surface area (Å²) in [6.07, 6.45) is 0.995. The number of aryl methyl sites for hydroxylation is 1. The van der Waals surface area contributed by atoms with Gasteiger partial charge in [-0.3, -0.25) is 4.79 Å². The van der Waals surface area contributed by atoms with Crippen molar-refractivity contribution in [2.45, 2.75) is 26.0 Å². The van der Waals surface area contributed by atoms with E-state index >= 15 is 0 Å². The zero-order chi connectivity index (χ0) is 19.8. The maximum Gasteiger partial charge on any atom is 0.407 e. The molecule has 0 radical (unpaired) electrons. The number of methoxy groups -OCH3 is 1. The lowest BCUT2D eigenvalue weighted by Gasteiger charge is -2.14. The first-order valence-corrected chi connectivity index (χ1v) is 8.43. The zero-order valence-electron chi connectivity index (χ0n) is 15.2. The summed E-state index contributed by atoms with van der Waals surface area (Å²) in [6, 6.07) is 9.49. The summed E-state index contributed by atoms with van der Waals surface area (Å²) < 4.78 is 11.3. The lowest BCUT2D eigenvalue weighted by molar-refractivity contribution is 0.0600. The Balaban J connectivity index is 1.77. The third kappa shape index (κ3) is 5.60.